The molecule has 0 spiro atoms. The van der Waals surface area contributed by atoms with Crippen LogP contribution in [0, 0.1) is 6.92 Å². The van der Waals surface area contributed by atoms with Crippen LogP contribution >= 0.6 is 0 Å². The molecular formula is C9H11NO3. The second-order valence-electron chi connectivity index (χ2n) is 2.68. The number of carboxylic acids is 1. The van der Waals surface area contributed by atoms with Crippen molar-refractivity contribution in [1.29, 1.82) is 0 Å². The molecule has 1 aromatic rings. The summed E-state index contributed by atoms with van der Waals surface area (Å²) in [5.74, 6) is -1.00. The highest BCUT2D eigenvalue weighted by Crippen LogP contribution is 2.11. The number of nitrogens with zero attached hydrogens (tertiary/aromatic N) is 1. The highest BCUT2D eigenvalue weighted by Gasteiger charge is 2.10. The lowest BCUT2D eigenvalue weighted by atomic mass is 10.1. The number of hydrogen-bond donors (Lipinski definition) is 1. The van der Waals surface area contributed by atoms with Crippen molar-refractivity contribution < 1.29 is 14.6 Å². The van der Waals surface area contributed by atoms with Crippen molar-refractivity contribution >= 4 is 5.97 Å². The fourth-order valence-corrected chi connectivity index (χ4v) is 1.10. The Morgan fingerprint density at radius 1 is 1.69 bits per heavy atom. The minimum absolute atomic E-state index is 0.0922. The molecule has 0 unspecified atom stereocenters. The third-order valence-corrected chi connectivity index (χ3v) is 1.82. The van der Waals surface area contributed by atoms with Crippen molar-refractivity contribution in [3.8, 4) is 0 Å². The first-order chi connectivity index (χ1) is 6.16. The predicted octanol–water partition coefficient (Wildman–Crippen LogP) is 1.23. The summed E-state index contributed by atoms with van der Waals surface area (Å²) < 4.78 is 4.92. The van der Waals surface area contributed by atoms with Gasteiger partial charge in [0.05, 0.1) is 6.61 Å². The Labute approximate surface area is 76.2 Å². The largest absolute Gasteiger partial charge is 0.477 e. The van der Waals surface area contributed by atoms with E-state index in [9.17, 15) is 4.79 Å². The number of carbonyl (C=O) groups is 1. The average molecular weight is 181 g/mol. The normalized spacial score (nSPS) is 10.0. The number of rotatable bonds is 3. The summed E-state index contributed by atoms with van der Waals surface area (Å²) in [6.45, 7) is 2.14. The van der Waals surface area contributed by atoms with Crippen molar-refractivity contribution in [2.24, 2.45) is 0 Å². The monoisotopic (exact) mass is 181 g/mol. The van der Waals surface area contributed by atoms with E-state index in [4.69, 9.17) is 9.84 Å². The lowest BCUT2D eigenvalue weighted by Gasteiger charge is -2.05. The third-order valence-electron chi connectivity index (χ3n) is 1.82. The number of pyridine rings is 1. The van der Waals surface area contributed by atoms with E-state index in [1.807, 2.05) is 0 Å². The van der Waals surface area contributed by atoms with Gasteiger partial charge in [-0.3, -0.25) is 0 Å². The van der Waals surface area contributed by atoms with E-state index in [0.717, 1.165) is 5.56 Å². The Hall–Kier alpha value is -1.42. The van der Waals surface area contributed by atoms with Crippen LogP contribution in [0.5, 0.6) is 0 Å². The SMILES string of the molecule is COCc1ccnc(C(=O)O)c1C. The standard InChI is InChI=1S/C9H11NO3/c1-6-7(5-13-2)3-4-10-8(6)9(11)12/h3-4H,5H2,1-2H3,(H,11,12). The van der Waals surface area contributed by atoms with Crippen LogP contribution in [0.1, 0.15) is 21.6 Å². The van der Waals surface area contributed by atoms with E-state index in [1.54, 1.807) is 20.1 Å². The highest BCUT2D eigenvalue weighted by atomic mass is 16.5. The van der Waals surface area contributed by atoms with E-state index >= 15 is 0 Å². The molecule has 1 rings (SSSR count). The predicted molar refractivity (Wildman–Crippen MR) is 46.6 cm³/mol. The first-order valence-corrected chi connectivity index (χ1v) is 3.83. The molecular weight excluding hydrogens is 170 g/mol. The minimum atomic E-state index is -1.00. The van der Waals surface area contributed by atoms with Crippen LogP contribution in [0.3, 0.4) is 0 Å². The summed E-state index contributed by atoms with van der Waals surface area (Å²) >= 11 is 0. The van der Waals surface area contributed by atoms with Crippen LogP contribution < -0.4 is 0 Å². The van der Waals surface area contributed by atoms with Gasteiger partial charge in [-0.25, -0.2) is 9.78 Å². The Morgan fingerprint density at radius 3 is 2.92 bits per heavy atom. The number of ether oxygens (including phenoxy) is 1. The maximum absolute atomic E-state index is 10.7. The Morgan fingerprint density at radius 2 is 2.38 bits per heavy atom. The molecule has 0 aromatic carbocycles. The maximum Gasteiger partial charge on any atom is 0.354 e. The third kappa shape index (κ3) is 2.03. The topological polar surface area (TPSA) is 59.4 Å². The Bertz CT molecular complexity index is 323. The van der Waals surface area contributed by atoms with Crippen molar-refractivity contribution in [2.75, 3.05) is 7.11 Å². The molecule has 4 heteroatoms. The zero-order valence-corrected chi connectivity index (χ0v) is 7.57. The van der Waals surface area contributed by atoms with Crippen LogP contribution in [-0.4, -0.2) is 23.2 Å². The lowest BCUT2D eigenvalue weighted by Crippen LogP contribution is -2.06. The summed E-state index contributed by atoms with van der Waals surface area (Å²) in [7, 11) is 1.57. The number of methoxy groups -OCH3 is 1. The molecule has 0 saturated heterocycles. The van der Waals surface area contributed by atoms with Crippen LogP contribution in [0.2, 0.25) is 0 Å². The van der Waals surface area contributed by atoms with Crippen LogP contribution in [0.25, 0.3) is 0 Å². The summed E-state index contributed by atoms with van der Waals surface area (Å²) in [6, 6.07) is 1.76. The quantitative estimate of drug-likeness (QED) is 0.762. The summed E-state index contributed by atoms with van der Waals surface area (Å²) in [6.07, 6.45) is 1.48. The second kappa shape index (κ2) is 4.00. The molecule has 1 N–H and O–H groups in total. The number of aromatic carboxylic acids is 1. The molecule has 0 aliphatic carbocycles. The first kappa shape index (κ1) is 9.67. The highest BCUT2D eigenvalue weighted by molar-refractivity contribution is 5.87. The molecule has 4 nitrogen and oxygen atoms in total. The van der Waals surface area contributed by atoms with Gasteiger partial charge in [0.25, 0.3) is 0 Å². The van der Waals surface area contributed by atoms with Gasteiger partial charge in [-0.15, -0.1) is 0 Å². The van der Waals surface area contributed by atoms with Gasteiger partial charge in [-0.05, 0) is 24.1 Å². The van der Waals surface area contributed by atoms with Gasteiger partial charge < -0.3 is 9.84 Å². The van der Waals surface area contributed by atoms with Gasteiger partial charge in [0.15, 0.2) is 5.69 Å². The van der Waals surface area contributed by atoms with Crippen molar-refractivity contribution in [3.63, 3.8) is 0 Å². The minimum Gasteiger partial charge on any atom is -0.477 e. The molecule has 0 amide bonds. The van der Waals surface area contributed by atoms with E-state index in [1.165, 1.54) is 6.20 Å². The fraction of sp³-hybridized carbons (Fsp3) is 0.333. The number of carboxylic acid groups (broad SMARTS) is 1. The van der Waals surface area contributed by atoms with Crippen molar-refractivity contribution in [2.45, 2.75) is 13.5 Å². The summed E-state index contributed by atoms with van der Waals surface area (Å²) in [4.78, 5) is 14.4. The second-order valence-corrected chi connectivity index (χ2v) is 2.68. The molecule has 0 saturated carbocycles. The maximum atomic E-state index is 10.7. The molecule has 13 heavy (non-hydrogen) atoms. The van der Waals surface area contributed by atoms with Crippen LogP contribution in [0.15, 0.2) is 12.3 Å². The lowest BCUT2D eigenvalue weighted by molar-refractivity contribution is 0.0689. The zero-order valence-electron chi connectivity index (χ0n) is 7.57. The van der Waals surface area contributed by atoms with Crippen LogP contribution in [-0.2, 0) is 11.3 Å². The number of hydrogen-bond acceptors (Lipinski definition) is 3. The molecule has 0 bridgehead atoms. The van der Waals surface area contributed by atoms with Gasteiger partial charge in [0, 0.05) is 13.3 Å². The first-order valence-electron chi connectivity index (χ1n) is 3.83. The van der Waals surface area contributed by atoms with Crippen molar-refractivity contribution in [3.05, 3.63) is 29.1 Å². The molecule has 0 aliphatic rings. The van der Waals surface area contributed by atoms with E-state index in [0.29, 0.717) is 12.2 Å². The molecule has 0 atom stereocenters. The van der Waals surface area contributed by atoms with Crippen molar-refractivity contribution in [1.82, 2.24) is 4.98 Å². The summed E-state index contributed by atoms with van der Waals surface area (Å²) in [5, 5.41) is 8.76. The molecule has 1 aromatic heterocycles. The van der Waals surface area contributed by atoms with Gasteiger partial charge in [-0.1, -0.05) is 0 Å². The molecule has 0 aliphatic heterocycles. The Balaban J connectivity index is 3.10. The molecule has 0 radical (unpaired) electrons. The van der Waals surface area contributed by atoms with E-state index < -0.39 is 5.97 Å². The fourth-order valence-electron chi connectivity index (χ4n) is 1.10. The Kier molecular flexibility index (Phi) is 2.97. The molecule has 0 fully saturated rings. The zero-order chi connectivity index (χ0) is 9.84. The molecule has 1 heterocycles. The molecule has 70 valence electrons. The smallest absolute Gasteiger partial charge is 0.354 e. The van der Waals surface area contributed by atoms with E-state index in [-0.39, 0.29) is 5.69 Å². The number of aromatic nitrogens is 1. The summed E-state index contributed by atoms with van der Waals surface area (Å²) in [5.41, 5.74) is 1.61. The average Bonchev–Trinajstić information content (AvgIpc) is 2.08. The van der Waals surface area contributed by atoms with Gasteiger partial charge in [0.1, 0.15) is 0 Å². The van der Waals surface area contributed by atoms with E-state index in [2.05, 4.69) is 4.98 Å². The van der Waals surface area contributed by atoms with Crippen LogP contribution in [0.4, 0.5) is 0 Å². The van der Waals surface area contributed by atoms with Gasteiger partial charge in [0.2, 0.25) is 0 Å². The van der Waals surface area contributed by atoms with Gasteiger partial charge >= 0.3 is 5.97 Å². The van der Waals surface area contributed by atoms with Gasteiger partial charge in [-0.2, -0.15) is 0 Å².